The molecule has 6 heteroatoms. The van der Waals surface area contributed by atoms with E-state index in [2.05, 4.69) is 11.4 Å². The fourth-order valence-corrected chi connectivity index (χ4v) is 3.78. The Kier molecular flexibility index (Phi) is 4.19. The van der Waals surface area contributed by atoms with Crippen molar-refractivity contribution in [3.05, 3.63) is 59.2 Å². The molecule has 0 bridgehead atoms. The van der Waals surface area contributed by atoms with Crippen LogP contribution in [0.15, 0.2) is 47.4 Å². The van der Waals surface area contributed by atoms with E-state index in [4.69, 9.17) is 5.14 Å². The van der Waals surface area contributed by atoms with Gasteiger partial charge in [0.2, 0.25) is 15.9 Å². The predicted octanol–water partition coefficient (Wildman–Crippen LogP) is 2.69. The predicted molar refractivity (Wildman–Crippen MR) is 93.2 cm³/mol. The molecule has 0 unspecified atom stereocenters. The average Bonchev–Trinajstić information content (AvgIpc) is 3.28. The van der Waals surface area contributed by atoms with Crippen LogP contribution < -0.4 is 10.5 Å². The maximum absolute atomic E-state index is 12.4. The minimum atomic E-state index is -3.81. The van der Waals surface area contributed by atoms with Crippen LogP contribution in [0.5, 0.6) is 0 Å². The zero-order chi connectivity index (χ0) is 17.5. The van der Waals surface area contributed by atoms with Gasteiger partial charge in [-0.15, -0.1) is 0 Å². The number of primary sulfonamides is 1. The van der Waals surface area contributed by atoms with E-state index >= 15 is 0 Å². The summed E-state index contributed by atoms with van der Waals surface area (Å²) >= 11 is 0. The largest absolute Gasteiger partial charge is 0.326 e. The number of rotatable bonds is 4. The van der Waals surface area contributed by atoms with Crippen molar-refractivity contribution < 1.29 is 13.2 Å². The van der Waals surface area contributed by atoms with Crippen molar-refractivity contribution in [1.29, 1.82) is 0 Å². The van der Waals surface area contributed by atoms with E-state index in [1.54, 1.807) is 19.1 Å². The van der Waals surface area contributed by atoms with Gasteiger partial charge in [0.25, 0.3) is 0 Å². The van der Waals surface area contributed by atoms with Gasteiger partial charge in [-0.1, -0.05) is 35.9 Å². The van der Waals surface area contributed by atoms with E-state index < -0.39 is 10.0 Å². The second kappa shape index (κ2) is 6.03. The Balaban J connectivity index is 1.73. The molecule has 126 valence electrons. The van der Waals surface area contributed by atoms with Crippen molar-refractivity contribution in [2.45, 2.75) is 31.1 Å². The zero-order valence-electron chi connectivity index (χ0n) is 13.6. The maximum Gasteiger partial charge on any atom is 0.238 e. The number of hydrogen-bond acceptors (Lipinski definition) is 3. The van der Waals surface area contributed by atoms with Crippen molar-refractivity contribution >= 4 is 21.6 Å². The molecular weight excluding hydrogens is 324 g/mol. The maximum atomic E-state index is 12.4. The first-order valence-corrected chi connectivity index (χ1v) is 9.31. The van der Waals surface area contributed by atoms with Crippen LogP contribution in [0.3, 0.4) is 0 Å². The van der Waals surface area contributed by atoms with Crippen molar-refractivity contribution in [3.63, 3.8) is 0 Å². The molecule has 1 saturated carbocycles. The number of carbonyl (C=O) groups is 1. The summed E-state index contributed by atoms with van der Waals surface area (Å²) in [7, 11) is -3.81. The first kappa shape index (κ1) is 16.7. The number of carbonyl (C=O) groups excluding carboxylic acids is 1. The summed E-state index contributed by atoms with van der Waals surface area (Å²) in [6.07, 6.45) is 0.809. The Bertz CT molecular complexity index is 906. The SMILES string of the molecule is Cc1cccc([C@H]2C[C@@H]2C(=O)Nc2ccc(C)c(S(N)(=O)=O)c2)c1. The zero-order valence-corrected chi connectivity index (χ0v) is 14.4. The lowest BCUT2D eigenvalue weighted by Gasteiger charge is -2.09. The summed E-state index contributed by atoms with van der Waals surface area (Å²) in [5.74, 6) is 0.0600. The van der Waals surface area contributed by atoms with E-state index in [0.717, 1.165) is 6.42 Å². The van der Waals surface area contributed by atoms with Crippen LogP contribution in [0.25, 0.3) is 0 Å². The van der Waals surface area contributed by atoms with Crippen LogP contribution in [-0.2, 0) is 14.8 Å². The highest BCUT2D eigenvalue weighted by molar-refractivity contribution is 7.89. The van der Waals surface area contributed by atoms with Gasteiger partial charge >= 0.3 is 0 Å². The molecule has 0 heterocycles. The molecule has 2 atom stereocenters. The lowest BCUT2D eigenvalue weighted by molar-refractivity contribution is -0.117. The summed E-state index contributed by atoms with van der Waals surface area (Å²) in [6, 6.07) is 12.9. The van der Waals surface area contributed by atoms with Crippen molar-refractivity contribution in [1.82, 2.24) is 0 Å². The Hall–Kier alpha value is -2.18. The van der Waals surface area contributed by atoms with Gasteiger partial charge in [0, 0.05) is 11.6 Å². The van der Waals surface area contributed by atoms with Crippen LogP contribution in [0.2, 0.25) is 0 Å². The number of nitrogens with two attached hydrogens (primary N) is 1. The van der Waals surface area contributed by atoms with Crippen molar-refractivity contribution in [3.8, 4) is 0 Å². The fraction of sp³-hybridized carbons (Fsp3) is 0.278. The molecule has 0 radical (unpaired) electrons. The molecule has 1 aliphatic rings. The summed E-state index contributed by atoms with van der Waals surface area (Å²) < 4.78 is 23.1. The topological polar surface area (TPSA) is 89.3 Å². The van der Waals surface area contributed by atoms with Gasteiger partial charge in [-0.25, -0.2) is 13.6 Å². The summed E-state index contributed by atoms with van der Waals surface area (Å²) in [5.41, 5.74) is 3.35. The molecule has 1 fully saturated rings. The summed E-state index contributed by atoms with van der Waals surface area (Å²) in [6.45, 7) is 3.70. The van der Waals surface area contributed by atoms with Gasteiger partial charge in [-0.2, -0.15) is 0 Å². The number of aryl methyl sites for hydroxylation is 2. The molecule has 1 amide bonds. The Morgan fingerprint density at radius 3 is 2.58 bits per heavy atom. The average molecular weight is 344 g/mol. The van der Waals surface area contributed by atoms with Crippen LogP contribution in [0.1, 0.15) is 29.0 Å². The van der Waals surface area contributed by atoms with Gasteiger partial charge < -0.3 is 5.32 Å². The first-order chi connectivity index (χ1) is 11.3. The van der Waals surface area contributed by atoms with Gasteiger partial charge in [0.1, 0.15) is 0 Å². The summed E-state index contributed by atoms with van der Waals surface area (Å²) in [4.78, 5) is 12.4. The minimum absolute atomic E-state index is 0.0336. The third-order valence-corrected chi connectivity index (χ3v) is 5.41. The molecule has 0 aliphatic heterocycles. The highest BCUT2D eigenvalue weighted by atomic mass is 32.2. The lowest BCUT2D eigenvalue weighted by Crippen LogP contribution is -2.17. The van der Waals surface area contributed by atoms with Gasteiger partial charge in [0.15, 0.2) is 0 Å². The molecule has 0 saturated heterocycles. The van der Waals surface area contributed by atoms with Crippen LogP contribution in [-0.4, -0.2) is 14.3 Å². The monoisotopic (exact) mass is 344 g/mol. The molecule has 2 aromatic carbocycles. The molecule has 3 rings (SSSR count). The van der Waals surface area contributed by atoms with E-state index in [1.165, 1.54) is 17.2 Å². The fourth-order valence-electron chi connectivity index (χ4n) is 2.97. The summed E-state index contributed by atoms with van der Waals surface area (Å²) in [5, 5.41) is 8.00. The second-order valence-corrected chi connectivity index (χ2v) is 7.91. The van der Waals surface area contributed by atoms with E-state index in [-0.39, 0.29) is 22.6 Å². The normalized spacial score (nSPS) is 19.8. The van der Waals surface area contributed by atoms with E-state index in [0.29, 0.717) is 11.3 Å². The molecular formula is C18H20N2O3S. The van der Waals surface area contributed by atoms with Gasteiger partial charge in [-0.05, 0) is 49.4 Å². The van der Waals surface area contributed by atoms with Crippen molar-refractivity contribution in [2.24, 2.45) is 11.1 Å². The number of amides is 1. The molecule has 0 spiro atoms. The number of benzene rings is 2. The lowest BCUT2D eigenvalue weighted by atomic mass is 10.1. The molecule has 5 nitrogen and oxygen atoms in total. The van der Waals surface area contributed by atoms with E-state index in [1.807, 2.05) is 25.1 Å². The van der Waals surface area contributed by atoms with Gasteiger partial charge in [0.05, 0.1) is 4.90 Å². The smallest absolute Gasteiger partial charge is 0.238 e. The van der Waals surface area contributed by atoms with Crippen LogP contribution >= 0.6 is 0 Å². The number of sulfonamides is 1. The Morgan fingerprint density at radius 2 is 1.92 bits per heavy atom. The molecule has 3 N–H and O–H groups in total. The van der Waals surface area contributed by atoms with Crippen LogP contribution in [0, 0.1) is 19.8 Å². The Morgan fingerprint density at radius 1 is 1.17 bits per heavy atom. The van der Waals surface area contributed by atoms with Crippen LogP contribution in [0.4, 0.5) is 5.69 Å². The highest BCUT2D eigenvalue weighted by Crippen LogP contribution is 2.48. The van der Waals surface area contributed by atoms with Gasteiger partial charge in [-0.3, -0.25) is 4.79 Å². The Labute approximate surface area is 141 Å². The molecule has 24 heavy (non-hydrogen) atoms. The number of anilines is 1. The van der Waals surface area contributed by atoms with Crippen molar-refractivity contribution in [2.75, 3.05) is 5.32 Å². The molecule has 2 aromatic rings. The first-order valence-electron chi connectivity index (χ1n) is 7.76. The third-order valence-electron chi connectivity index (χ3n) is 4.36. The minimum Gasteiger partial charge on any atom is -0.326 e. The van der Waals surface area contributed by atoms with E-state index in [9.17, 15) is 13.2 Å². The molecule has 0 aromatic heterocycles. The highest BCUT2D eigenvalue weighted by Gasteiger charge is 2.43. The number of nitrogens with one attached hydrogen (secondary N) is 1. The second-order valence-electron chi connectivity index (χ2n) is 6.38. The molecule has 1 aliphatic carbocycles. The third kappa shape index (κ3) is 3.49. The quantitative estimate of drug-likeness (QED) is 0.893. The standard InChI is InChI=1S/C18H20N2O3S/c1-11-4-3-5-13(8-11)15-10-16(15)18(21)20-14-7-6-12(2)17(9-14)24(19,22)23/h3-9,15-16H,10H2,1-2H3,(H,20,21)(H2,19,22,23)/t15-,16+/m1/s1. The number of hydrogen-bond donors (Lipinski definition) is 2.